The van der Waals surface area contributed by atoms with Gasteiger partial charge >= 0.3 is 6.18 Å². The molecule has 31 heavy (non-hydrogen) atoms. The number of hydrogen-bond acceptors (Lipinski definition) is 6. The molecule has 0 saturated heterocycles. The molecule has 1 aromatic carbocycles. The van der Waals surface area contributed by atoms with Crippen molar-refractivity contribution in [2.75, 3.05) is 17.2 Å². The molecule has 0 aliphatic carbocycles. The first kappa shape index (κ1) is 20.1. The van der Waals surface area contributed by atoms with E-state index in [2.05, 4.69) is 27.1 Å². The number of carbonyl (C=O) groups is 1. The molecule has 0 spiro atoms. The van der Waals surface area contributed by atoms with Crippen molar-refractivity contribution < 1.29 is 18.0 Å². The summed E-state index contributed by atoms with van der Waals surface area (Å²) in [5.41, 5.74) is 5.79. The van der Waals surface area contributed by atoms with Crippen LogP contribution in [0.5, 0.6) is 0 Å². The number of anilines is 2. The molecule has 4 rings (SSSR count). The number of nitrogens with two attached hydrogens (primary N) is 1. The summed E-state index contributed by atoms with van der Waals surface area (Å²) in [6.07, 6.45) is -2.74. The van der Waals surface area contributed by atoms with Gasteiger partial charge in [0.25, 0.3) is 5.91 Å². The number of hydrogen-bond donors (Lipinski definition) is 1. The molecule has 1 amide bonds. The fraction of sp³-hybridized carbons (Fsp3) is 0.150. The van der Waals surface area contributed by atoms with Crippen LogP contribution in [0.2, 0.25) is 0 Å². The standard InChI is InChI=1S/C20H13F3N6O2/c21-20(22,23)14-3-5-15(6-4-14)28-11-17(27-31)29-18(19(28)30)13(10-26-29)2-1-12-7-8-25-16(24)9-12/h3-10,17H,11H2,(H2,24,25)/t17-/m1/s1. The van der Waals surface area contributed by atoms with Crippen molar-refractivity contribution in [3.8, 4) is 11.8 Å². The van der Waals surface area contributed by atoms with E-state index < -0.39 is 23.8 Å². The number of halogens is 3. The first-order valence-electron chi connectivity index (χ1n) is 8.90. The van der Waals surface area contributed by atoms with E-state index in [1.54, 1.807) is 12.1 Å². The van der Waals surface area contributed by atoms with Gasteiger partial charge in [-0.25, -0.2) is 9.67 Å². The lowest BCUT2D eigenvalue weighted by atomic mass is 10.1. The van der Waals surface area contributed by atoms with Crippen LogP contribution < -0.4 is 10.6 Å². The molecule has 1 atom stereocenters. The summed E-state index contributed by atoms with van der Waals surface area (Å²) in [7, 11) is 0. The second kappa shape index (κ2) is 7.56. The van der Waals surface area contributed by atoms with Gasteiger partial charge in [0.05, 0.1) is 23.9 Å². The van der Waals surface area contributed by atoms with E-state index in [0.717, 1.165) is 12.1 Å². The highest BCUT2D eigenvalue weighted by Crippen LogP contribution is 2.33. The minimum absolute atomic E-state index is 0.0188. The lowest BCUT2D eigenvalue weighted by Crippen LogP contribution is -2.43. The number of benzene rings is 1. The number of aromatic nitrogens is 3. The maximum Gasteiger partial charge on any atom is 0.416 e. The molecule has 0 unspecified atom stereocenters. The van der Waals surface area contributed by atoms with E-state index in [-0.39, 0.29) is 29.3 Å². The van der Waals surface area contributed by atoms with Crippen LogP contribution in [-0.2, 0) is 6.18 Å². The van der Waals surface area contributed by atoms with Gasteiger partial charge in [0, 0.05) is 17.4 Å². The third-order valence-electron chi connectivity index (χ3n) is 4.62. The molecule has 0 bridgehead atoms. The Balaban J connectivity index is 1.71. The van der Waals surface area contributed by atoms with Crippen LogP contribution in [-0.4, -0.2) is 27.2 Å². The summed E-state index contributed by atoms with van der Waals surface area (Å²) in [5, 5.41) is 7.05. The third kappa shape index (κ3) is 3.83. The van der Waals surface area contributed by atoms with Gasteiger partial charge in [-0.1, -0.05) is 11.8 Å². The Hall–Kier alpha value is -4.20. The fourth-order valence-corrected chi connectivity index (χ4v) is 3.14. The van der Waals surface area contributed by atoms with Gasteiger partial charge in [-0.3, -0.25) is 4.79 Å². The van der Waals surface area contributed by atoms with Crippen molar-refractivity contribution in [2.45, 2.75) is 12.3 Å². The average molecular weight is 426 g/mol. The largest absolute Gasteiger partial charge is 0.416 e. The predicted octanol–water partition coefficient (Wildman–Crippen LogP) is 3.20. The van der Waals surface area contributed by atoms with Crippen LogP contribution in [0.4, 0.5) is 24.7 Å². The third-order valence-corrected chi connectivity index (χ3v) is 4.62. The maximum atomic E-state index is 13.1. The van der Waals surface area contributed by atoms with Crippen LogP contribution in [0, 0.1) is 16.7 Å². The van der Waals surface area contributed by atoms with Gasteiger partial charge in [0.2, 0.25) is 6.17 Å². The maximum absolute atomic E-state index is 13.1. The SMILES string of the molecule is Nc1cc(C#Cc2cnn3c2C(=O)N(c2ccc(C(F)(F)F)cc2)C[C@@H]3N=O)ccn1. The summed E-state index contributed by atoms with van der Waals surface area (Å²) in [4.78, 5) is 29.5. The Bertz CT molecular complexity index is 1220. The number of rotatable bonds is 2. The van der Waals surface area contributed by atoms with Crippen molar-refractivity contribution in [1.82, 2.24) is 14.8 Å². The zero-order valence-electron chi connectivity index (χ0n) is 15.7. The number of fused-ring (bicyclic) bond motifs is 1. The molecule has 3 aromatic rings. The van der Waals surface area contributed by atoms with Gasteiger partial charge in [0.15, 0.2) is 0 Å². The van der Waals surface area contributed by atoms with Gasteiger partial charge < -0.3 is 10.6 Å². The lowest BCUT2D eigenvalue weighted by molar-refractivity contribution is -0.137. The van der Waals surface area contributed by atoms with Crippen molar-refractivity contribution in [2.24, 2.45) is 5.18 Å². The molecule has 1 aliphatic rings. The molecule has 156 valence electrons. The van der Waals surface area contributed by atoms with Crippen molar-refractivity contribution in [3.63, 3.8) is 0 Å². The smallest absolute Gasteiger partial charge is 0.384 e. The van der Waals surface area contributed by atoms with Crippen LogP contribution in [0.15, 0.2) is 54.0 Å². The summed E-state index contributed by atoms with van der Waals surface area (Å²) < 4.78 is 39.7. The van der Waals surface area contributed by atoms with Crippen molar-refractivity contribution in [3.05, 3.63) is 76.1 Å². The highest BCUT2D eigenvalue weighted by Gasteiger charge is 2.36. The molecule has 2 N–H and O–H groups in total. The second-order valence-electron chi connectivity index (χ2n) is 6.62. The summed E-state index contributed by atoms with van der Waals surface area (Å²) in [6, 6.07) is 7.25. The zero-order valence-corrected chi connectivity index (χ0v) is 15.7. The van der Waals surface area contributed by atoms with E-state index in [0.29, 0.717) is 5.56 Å². The molecule has 0 radical (unpaired) electrons. The van der Waals surface area contributed by atoms with Crippen LogP contribution >= 0.6 is 0 Å². The molecule has 0 fully saturated rings. The van der Waals surface area contributed by atoms with E-state index in [1.165, 1.54) is 34.1 Å². The number of nitrogens with zero attached hydrogens (tertiary/aromatic N) is 5. The number of nitroso groups, excluding NO2 is 1. The molecule has 3 heterocycles. The van der Waals surface area contributed by atoms with Gasteiger partial charge in [-0.05, 0) is 41.6 Å². The van der Waals surface area contributed by atoms with Crippen molar-refractivity contribution in [1.29, 1.82) is 0 Å². The predicted molar refractivity (Wildman–Crippen MR) is 105 cm³/mol. The van der Waals surface area contributed by atoms with Crippen LogP contribution in [0.3, 0.4) is 0 Å². The van der Waals surface area contributed by atoms with Crippen molar-refractivity contribution >= 4 is 17.4 Å². The number of amides is 1. The molecule has 2 aromatic heterocycles. The minimum atomic E-state index is -4.50. The zero-order chi connectivity index (χ0) is 22.2. The first-order valence-corrected chi connectivity index (χ1v) is 8.90. The summed E-state index contributed by atoms with van der Waals surface area (Å²) in [5.74, 6) is 5.37. The van der Waals surface area contributed by atoms with E-state index in [1.807, 2.05) is 0 Å². The Kier molecular flexibility index (Phi) is 4.90. The molecule has 11 heteroatoms. The van der Waals surface area contributed by atoms with E-state index in [4.69, 9.17) is 5.73 Å². The highest BCUT2D eigenvalue weighted by atomic mass is 19.4. The molecular formula is C20H13F3N6O2. The topological polar surface area (TPSA) is 106 Å². The molecule has 0 saturated carbocycles. The Morgan fingerprint density at radius 1 is 1.16 bits per heavy atom. The number of pyridine rings is 1. The highest BCUT2D eigenvalue weighted by molar-refractivity contribution is 6.07. The van der Waals surface area contributed by atoms with Crippen LogP contribution in [0.1, 0.15) is 33.3 Å². The molecular weight excluding hydrogens is 413 g/mol. The summed E-state index contributed by atoms with van der Waals surface area (Å²) in [6.45, 7) is -0.171. The monoisotopic (exact) mass is 426 g/mol. The fourth-order valence-electron chi connectivity index (χ4n) is 3.14. The van der Waals surface area contributed by atoms with Gasteiger partial charge in [-0.2, -0.15) is 18.3 Å². The Labute approximate surface area is 173 Å². The molecule has 1 aliphatic heterocycles. The Morgan fingerprint density at radius 2 is 1.90 bits per heavy atom. The first-order chi connectivity index (χ1) is 14.8. The normalized spacial score (nSPS) is 15.8. The van der Waals surface area contributed by atoms with Gasteiger partial charge in [-0.15, -0.1) is 4.91 Å². The summed E-state index contributed by atoms with van der Waals surface area (Å²) >= 11 is 0. The van der Waals surface area contributed by atoms with Gasteiger partial charge in [0.1, 0.15) is 11.5 Å². The van der Waals surface area contributed by atoms with E-state index in [9.17, 15) is 22.9 Å². The van der Waals surface area contributed by atoms with Crippen LogP contribution in [0.25, 0.3) is 0 Å². The molecule has 8 nitrogen and oxygen atoms in total. The number of carbonyl (C=O) groups excluding carboxylic acids is 1. The second-order valence-corrected chi connectivity index (χ2v) is 6.62. The average Bonchev–Trinajstić information content (AvgIpc) is 3.17. The minimum Gasteiger partial charge on any atom is -0.384 e. The Morgan fingerprint density at radius 3 is 2.55 bits per heavy atom. The quantitative estimate of drug-likeness (QED) is 0.500. The van der Waals surface area contributed by atoms with E-state index >= 15 is 0 Å². The number of nitrogen functional groups attached to an aromatic ring is 1. The number of alkyl halides is 3. The lowest BCUT2D eigenvalue weighted by Gasteiger charge is -2.30.